The van der Waals surface area contributed by atoms with Gasteiger partial charge in [-0.25, -0.2) is 14.2 Å². The molecule has 0 saturated carbocycles. The number of esters is 1. The summed E-state index contributed by atoms with van der Waals surface area (Å²) in [6.45, 7) is 1.21. The molecule has 1 saturated heterocycles. The van der Waals surface area contributed by atoms with E-state index in [2.05, 4.69) is 10.3 Å². The second-order valence-corrected chi connectivity index (χ2v) is 5.61. The number of carbonyl (C=O) groups excluding carboxylic acids is 1. The Bertz CT molecular complexity index is 664. The van der Waals surface area contributed by atoms with E-state index in [1.807, 2.05) is 30.3 Å². The van der Waals surface area contributed by atoms with E-state index in [1.54, 1.807) is 12.1 Å². The average Bonchev–Trinajstić information content (AvgIpc) is 2.63. The molecule has 0 bridgehead atoms. The van der Waals surface area contributed by atoms with Crippen molar-refractivity contribution in [3.63, 3.8) is 0 Å². The SMILES string of the molecule is O=C(OCc1ccccc1)c1ccc(O[C@H]2CCNC[C@H]2F)nc1. The Morgan fingerprint density at radius 2 is 2.08 bits per heavy atom. The lowest BCUT2D eigenvalue weighted by molar-refractivity contribution is 0.0471. The summed E-state index contributed by atoms with van der Waals surface area (Å²) < 4.78 is 24.5. The van der Waals surface area contributed by atoms with E-state index >= 15 is 0 Å². The average molecular weight is 330 g/mol. The number of hydrogen-bond acceptors (Lipinski definition) is 5. The molecule has 2 aromatic rings. The van der Waals surface area contributed by atoms with Gasteiger partial charge in [-0.05, 0) is 24.6 Å². The van der Waals surface area contributed by atoms with Crippen molar-refractivity contribution in [2.75, 3.05) is 13.1 Å². The maximum Gasteiger partial charge on any atom is 0.340 e. The van der Waals surface area contributed by atoms with Crippen LogP contribution in [0.15, 0.2) is 48.7 Å². The minimum atomic E-state index is -1.06. The molecular formula is C18H19FN2O3. The fourth-order valence-electron chi connectivity index (χ4n) is 2.46. The Morgan fingerprint density at radius 1 is 1.25 bits per heavy atom. The molecule has 1 aromatic heterocycles. The van der Waals surface area contributed by atoms with Crippen LogP contribution in [0.4, 0.5) is 4.39 Å². The fraction of sp³-hybridized carbons (Fsp3) is 0.333. The van der Waals surface area contributed by atoms with Crippen molar-refractivity contribution in [3.8, 4) is 5.88 Å². The van der Waals surface area contributed by atoms with Crippen molar-refractivity contribution in [3.05, 3.63) is 59.8 Å². The minimum absolute atomic E-state index is 0.205. The van der Waals surface area contributed by atoms with Gasteiger partial charge in [0.05, 0.1) is 5.56 Å². The number of alkyl halides is 1. The number of halogens is 1. The first-order chi connectivity index (χ1) is 11.7. The highest BCUT2D eigenvalue weighted by molar-refractivity contribution is 5.89. The number of rotatable bonds is 5. The fourth-order valence-corrected chi connectivity index (χ4v) is 2.46. The summed E-state index contributed by atoms with van der Waals surface area (Å²) in [5, 5.41) is 2.97. The van der Waals surface area contributed by atoms with Crippen molar-refractivity contribution < 1.29 is 18.7 Å². The van der Waals surface area contributed by atoms with Crippen LogP contribution in [-0.4, -0.2) is 36.3 Å². The lowest BCUT2D eigenvalue weighted by Crippen LogP contribution is -2.44. The second-order valence-electron chi connectivity index (χ2n) is 5.61. The second kappa shape index (κ2) is 7.88. The highest BCUT2D eigenvalue weighted by Gasteiger charge is 2.26. The van der Waals surface area contributed by atoms with Crippen LogP contribution in [0.25, 0.3) is 0 Å². The monoisotopic (exact) mass is 330 g/mol. The normalized spacial score (nSPS) is 20.4. The molecule has 1 N–H and O–H groups in total. The molecule has 0 unspecified atom stereocenters. The largest absolute Gasteiger partial charge is 0.471 e. The molecule has 0 amide bonds. The Labute approximate surface area is 139 Å². The molecule has 6 heteroatoms. The van der Waals surface area contributed by atoms with E-state index in [4.69, 9.17) is 9.47 Å². The summed E-state index contributed by atoms with van der Waals surface area (Å²) in [7, 11) is 0. The van der Waals surface area contributed by atoms with Crippen LogP contribution in [0.3, 0.4) is 0 Å². The molecule has 0 spiro atoms. The number of ether oxygens (including phenoxy) is 2. The first-order valence-electron chi connectivity index (χ1n) is 7.91. The molecule has 5 nitrogen and oxygen atoms in total. The molecule has 3 rings (SSSR count). The molecule has 1 aliphatic rings. The maximum absolute atomic E-state index is 13.7. The van der Waals surface area contributed by atoms with Crippen LogP contribution >= 0.6 is 0 Å². The Morgan fingerprint density at radius 3 is 2.79 bits per heavy atom. The summed E-state index contributed by atoms with van der Waals surface area (Å²) in [6, 6.07) is 12.6. The highest BCUT2D eigenvalue weighted by Crippen LogP contribution is 2.17. The van der Waals surface area contributed by atoms with Crippen molar-refractivity contribution >= 4 is 5.97 Å². The van der Waals surface area contributed by atoms with Crippen LogP contribution < -0.4 is 10.1 Å². The van der Waals surface area contributed by atoms with Crippen LogP contribution in [0, 0.1) is 0 Å². The van der Waals surface area contributed by atoms with Crippen molar-refractivity contribution in [2.24, 2.45) is 0 Å². The van der Waals surface area contributed by atoms with Gasteiger partial charge in [-0.2, -0.15) is 0 Å². The molecular weight excluding hydrogens is 311 g/mol. The van der Waals surface area contributed by atoms with E-state index in [-0.39, 0.29) is 13.2 Å². The summed E-state index contributed by atoms with van der Waals surface area (Å²) >= 11 is 0. The molecule has 24 heavy (non-hydrogen) atoms. The Kier molecular flexibility index (Phi) is 5.38. The van der Waals surface area contributed by atoms with Crippen LogP contribution in [0.1, 0.15) is 22.3 Å². The first-order valence-corrected chi connectivity index (χ1v) is 7.91. The van der Waals surface area contributed by atoms with E-state index in [0.29, 0.717) is 17.9 Å². The first kappa shape index (κ1) is 16.4. The van der Waals surface area contributed by atoms with Crippen molar-refractivity contribution in [1.29, 1.82) is 0 Å². The van der Waals surface area contributed by atoms with Gasteiger partial charge in [0.25, 0.3) is 0 Å². The third-order valence-corrected chi connectivity index (χ3v) is 3.81. The zero-order chi connectivity index (χ0) is 16.8. The third kappa shape index (κ3) is 4.29. The number of benzene rings is 1. The zero-order valence-electron chi connectivity index (χ0n) is 13.2. The number of pyridine rings is 1. The molecule has 126 valence electrons. The highest BCUT2D eigenvalue weighted by atomic mass is 19.1. The third-order valence-electron chi connectivity index (χ3n) is 3.81. The molecule has 1 fully saturated rings. The molecule has 2 heterocycles. The van der Waals surface area contributed by atoms with Crippen LogP contribution in [-0.2, 0) is 11.3 Å². The van der Waals surface area contributed by atoms with E-state index in [1.165, 1.54) is 6.20 Å². The van der Waals surface area contributed by atoms with Gasteiger partial charge in [0, 0.05) is 18.8 Å². The molecule has 1 aliphatic heterocycles. The molecule has 0 radical (unpaired) electrons. The van der Waals surface area contributed by atoms with E-state index in [0.717, 1.165) is 12.1 Å². The summed E-state index contributed by atoms with van der Waals surface area (Å²) in [6.07, 6.45) is 0.409. The lowest BCUT2D eigenvalue weighted by Gasteiger charge is -2.26. The van der Waals surface area contributed by atoms with Gasteiger partial charge in [-0.3, -0.25) is 0 Å². The number of piperidine rings is 1. The zero-order valence-corrected chi connectivity index (χ0v) is 13.2. The topological polar surface area (TPSA) is 60.5 Å². The maximum atomic E-state index is 13.7. The van der Waals surface area contributed by atoms with Crippen LogP contribution in [0.2, 0.25) is 0 Å². The van der Waals surface area contributed by atoms with Crippen LogP contribution in [0.5, 0.6) is 5.88 Å². The van der Waals surface area contributed by atoms with Crippen molar-refractivity contribution in [2.45, 2.75) is 25.3 Å². The number of carbonyl (C=O) groups is 1. The number of nitrogens with one attached hydrogen (secondary N) is 1. The van der Waals surface area contributed by atoms with Gasteiger partial charge in [0.2, 0.25) is 5.88 Å². The van der Waals surface area contributed by atoms with E-state index < -0.39 is 18.2 Å². The van der Waals surface area contributed by atoms with Gasteiger partial charge < -0.3 is 14.8 Å². The molecule has 1 aromatic carbocycles. The van der Waals surface area contributed by atoms with Crippen molar-refractivity contribution in [1.82, 2.24) is 10.3 Å². The Balaban J connectivity index is 1.54. The quantitative estimate of drug-likeness (QED) is 0.854. The lowest BCUT2D eigenvalue weighted by atomic mass is 10.1. The number of nitrogens with zero attached hydrogens (tertiary/aromatic N) is 1. The standard InChI is InChI=1S/C18H19FN2O3/c19-15-11-20-9-8-16(15)24-17-7-6-14(10-21-17)18(22)23-12-13-4-2-1-3-5-13/h1-7,10,15-16,20H,8-9,11-12H2/t15-,16+/m1/s1. The number of aromatic nitrogens is 1. The predicted octanol–water partition coefficient (Wildman–Crippen LogP) is 2.52. The molecule has 2 atom stereocenters. The van der Waals surface area contributed by atoms with Gasteiger partial charge in [0.15, 0.2) is 0 Å². The Hall–Kier alpha value is -2.47. The van der Waals surface area contributed by atoms with Gasteiger partial charge in [-0.1, -0.05) is 30.3 Å². The van der Waals surface area contributed by atoms with Gasteiger partial charge in [0.1, 0.15) is 18.9 Å². The summed E-state index contributed by atoms with van der Waals surface area (Å²) in [5.41, 5.74) is 1.25. The number of hydrogen-bond donors (Lipinski definition) is 1. The van der Waals surface area contributed by atoms with Gasteiger partial charge in [-0.15, -0.1) is 0 Å². The minimum Gasteiger partial charge on any atom is -0.471 e. The summed E-state index contributed by atoms with van der Waals surface area (Å²) in [4.78, 5) is 16.1. The predicted molar refractivity (Wildman–Crippen MR) is 86.6 cm³/mol. The summed E-state index contributed by atoms with van der Waals surface area (Å²) in [5.74, 6) is -0.146. The van der Waals surface area contributed by atoms with Gasteiger partial charge >= 0.3 is 5.97 Å². The smallest absolute Gasteiger partial charge is 0.340 e. The van der Waals surface area contributed by atoms with E-state index in [9.17, 15) is 9.18 Å². The molecule has 0 aliphatic carbocycles.